The van der Waals surface area contributed by atoms with Gasteiger partial charge in [-0.15, -0.1) is 25.3 Å². The van der Waals surface area contributed by atoms with Gasteiger partial charge >= 0.3 is 0 Å². The summed E-state index contributed by atoms with van der Waals surface area (Å²) in [6.07, 6.45) is 1.13. The molecule has 0 saturated carbocycles. The zero-order valence-corrected chi connectivity index (χ0v) is 18.1. The highest BCUT2D eigenvalue weighted by molar-refractivity contribution is 7.99. The maximum absolute atomic E-state index is 12.5. The lowest BCUT2D eigenvalue weighted by Gasteiger charge is -2.36. The Morgan fingerprint density at radius 1 is 1.04 bits per heavy atom. The Kier molecular flexibility index (Phi) is 8.31. The third-order valence-electron chi connectivity index (χ3n) is 4.86. The summed E-state index contributed by atoms with van der Waals surface area (Å²) in [6.45, 7) is 3.58. The minimum Gasteiger partial charge on any atom is -0.378 e. The molecule has 150 valence electrons. The number of hydrogen-bond donors (Lipinski definition) is 2. The zero-order valence-electron chi connectivity index (χ0n) is 16.3. The molecule has 0 aromatic heterocycles. The van der Waals surface area contributed by atoms with E-state index in [2.05, 4.69) is 30.2 Å². The average molecular weight is 411 g/mol. The van der Waals surface area contributed by atoms with Crippen molar-refractivity contribution in [1.82, 2.24) is 14.7 Å². The van der Waals surface area contributed by atoms with E-state index in [-0.39, 0.29) is 16.5 Å². The predicted octanol–water partition coefficient (Wildman–Crippen LogP) is 1.89. The molecule has 1 aliphatic heterocycles. The van der Waals surface area contributed by atoms with E-state index in [1.54, 1.807) is 11.9 Å². The number of nitrogens with zero attached hydrogens (tertiary/aromatic N) is 4. The quantitative estimate of drug-likeness (QED) is 0.532. The van der Waals surface area contributed by atoms with Crippen molar-refractivity contribution in [3.05, 3.63) is 29.8 Å². The highest BCUT2D eigenvalue weighted by Gasteiger charge is 2.23. The molecule has 2 amide bonds. The normalized spacial score (nSPS) is 15.1. The van der Waals surface area contributed by atoms with Crippen molar-refractivity contribution in [3.63, 3.8) is 0 Å². The molecule has 1 aromatic rings. The lowest BCUT2D eigenvalue weighted by Crippen LogP contribution is -2.49. The number of benzene rings is 1. The monoisotopic (exact) mass is 410 g/mol. The molecule has 0 bridgehead atoms. The van der Waals surface area contributed by atoms with Gasteiger partial charge in [-0.1, -0.05) is 0 Å². The molecule has 8 heteroatoms. The maximum Gasteiger partial charge on any atom is 0.253 e. The Hall–Kier alpha value is -1.38. The number of hydrogen-bond acceptors (Lipinski definition) is 6. The third-order valence-corrected chi connectivity index (χ3v) is 5.51. The van der Waals surface area contributed by atoms with Crippen LogP contribution in [-0.4, -0.2) is 85.1 Å². The van der Waals surface area contributed by atoms with E-state index in [1.807, 2.05) is 48.2 Å². The summed E-state index contributed by atoms with van der Waals surface area (Å²) in [4.78, 5) is 32.6. The van der Waals surface area contributed by atoms with Crippen LogP contribution in [-0.2, 0) is 4.79 Å². The van der Waals surface area contributed by atoms with Gasteiger partial charge in [0.25, 0.3) is 5.91 Å². The summed E-state index contributed by atoms with van der Waals surface area (Å²) in [5.74, 6) is 0.135. The summed E-state index contributed by atoms with van der Waals surface area (Å²) < 4.78 is -0.0753. The fourth-order valence-corrected chi connectivity index (χ4v) is 3.51. The SMILES string of the molecule is CN(CCCC(=O)N1CCN(C(S)S)CC1)C(=O)c1ccc(N(C)C)cc1. The number of carbonyl (C=O) groups excluding carboxylic acids is 2. The molecule has 27 heavy (non-hydrogen) atoms. The van der Waals surface area contributed by atoms with Crippen LogP contribution in [0.15, 0.2) is 24.3 Å². The molecule has 0 spiro atoms. The molecule has 0 aliphatic carbocycles. The summed E-state index contributed by atoms with van der Waals surface area (Å²) >= 11 is 8.63. The van der Waals surface area contributed by atoms with Gasteiger partial charge in [0.15, 0.2) is 0 Å². The van der Waals surface area contributed by atoms with Gasteiger partial charge in [-0.05, 0) is 30.7 Å². The fourth-order valence-electron chi connectivity index (χ4n) is 3.05. The van der Waals surface area contributed by atoms with Gasteiger partial charge < -0.3 is 14.7 Å². The molecule has 1 heterocycles. The minimum atomic E-state index is -0.0753. The molecular weight excluding hydrogens is 380 g/mol. The zero-order chi connectivity index (χ0) is 20.0. The van der Waals surface area contributed by atoms with Gasteiger partial charge in [0.1, 0.15) is 0 Å². The molecule has 1 aliphatic rings. The second-order valence-electron chi connectivity index (χ2n) is 7.03. The van der Waals surface area contributed by atoms with Crippen LogP contribution in [0.2, 0.25) is 0 Å². The maximum atomic E-state index is 12.5. The second kappa shape index (κ2) is 10.2. The first kappa shape index (κ1) is 21.9. The molecule has 1 fully saturated rings. The van der Waals surface area contributed by atoms with Crippen molar-refractivity contribution in [3.8, 4) is 0 Å². The van der Waals surface area contributed by atoms with E-state index in [0.29, 0.717) is 38.0 Å². The van der Waals surface area contributed by atoms with E-state index >= 15 is 0 Å². The predicted molar refractivity (Wildman–Crippen MR) is 117 cm³/mol. The minimum absolute atomic E-state index is 0.0185. The van der Waals surface area contributed by atoms with E-state index in [0.717, 1.165) is 18.8 Å². The molecule has 6 nitrogen and oxygen atoms in total. The topological polar surface area (TPSA) is 47.1 Å². The van der Waals surface area contributed by atoms with E-state index in [9.17, 15) is 9.59 Å². The largest absolute Gasteiger partial charge is 0.378 e. The second-order valence-corrected chi connectivity index (χ2v) is 8.42. The fraction of sp³-hybridized carbons (Fsp3) is 0.579. The smallest absolute Gasteiger partial charge is 0.253 e. The van der Waals surface area contributed by atoms with Gasteiger partial charge in [0.05, 0.1) is 4.71 Å². The molecule has 0 radical (unpaired) electrons. The highest BCUT2D eigenvalue weighted by Crippen LogP contribution is 2.15. The molecule has 0 N–H and O–H groups in total. The van der Waals surface area contributed by atoms with Gasteiger partial charge in [0.2, 0.25) is 5.91 Å². The Morgan fingerprint density at radius 2 is 1.63 bits per heavy atom. The number of carbonyl (C=O) groups is 2. The molecule has 2 rings (SSSR count). The molecule has 1 aromatic carbocycles. The van der Waals surface area contributed by atoms with E-state index in [4.69, 9.17) is 0 Å². The van der Waals surface area contributed by atoms with Crippen LogP contribution in [0, 0.1) is 0 Å². The van der Waals surface area contributed by atoms with Gasteiger partial charge in [-0.3, -0.25) is 14.5 Å². The van der Waals surface area contributed by atoms with E-state index < -0.39 is 0 Å². The van der Waals surface area contributed by atoms with Crippen LogP contribution < -0.4 is 4.90 Å². The lowest BCUT2D eigenvalue weighted by molar-refractivity contribution is -0.133. The summed E-state index contributed by atoms with van der Waals surface area (Å²) in [5, 5.41) is 0. The van der Waals surface area contributed by atoms with Crippen molar-refractivity contribution in [2.75, 3.05) is 58.8 Å². The average Bonchev–Trinajstić information content (AvgIpc) is 2.67. The van der Waals surface area contributed by atoms with Crippen LogP contribution in [0.4, 0.5) is 5.69 Å². The highest BCUT2D eigenvalue weighted by atomic mass is 32.2. The standard InChI is InChI=1S/C19H30N4O2S2/c1-20(2)16-8-6-15(7-9-16)18(25)21(3)10-4-5-17(24)22-11-13-23(14-12-22)19(26)27/h6-9,19,26-27H,4-5,10-14H2,1-3H3. The molecule has 1 saturated heterocycles. The van der Waals surface area contributed by atoms with Gasteiger partial charge in [-0.25, -0.2) is 0 Å². The number of piperazine rings is 1. The number of anilines is 1. The summed E-state index contributed by atoms with van der Waals surface area (Å²) in [5.41, 5.74) is 1.72. The van der Waals surface area contributed by atoms with Gasteiger partial charge in [-0.2, -0.15) is 0 Å². The van der Waals surface area contributed by atoms with Crippen LogP contribution in [0.5, 0.6) is 0 Å². The first-order chi connectivity index (χ1) is 12.8. The van der Waals surface area contributed by atoms with Crippen molar-refractivity contribution in [1.29, 1.82) is 0 Å². The summed E-state index contributed by atoms with van der Waals surface area (Å²) in [6, 6.07) is 7.55. The van der Waals surface area contributed by atoms with Crippen LogP contribution in [0.1, 0.15) is 23.2 Å². The van der Waals surface area contributed by atoms with Crippen molar-refractivity contribution >= 4 is 42.8 Å². The van der Waals surface area contributed by atoms with Crippen LogP contribution in [0.3, 0.4) is 0 Å². The molecular formula is C19H30N4O2S2. The Morgan fingerprint density at radius 3 is 2.15 bits per heavy atom. The van der Waals surface area contributed by atoms with Crippen LogP contribution in [0.25, 0.3) is 0 Å². The van der Waals surface area contributed by atoms with Crippen molar-refractivity contribution < 1.29 is 9.59 Å². The number of rotatable bonds is 7. The third kappa shape index (κ3) is 6.33. The Bertz CT molecular complexity index is 629. The molecule has 0 atom stereocenters. The Balaban J connectivity index is 1.74. The first-order valence-corrected chi connectivity index (χ1v) is 10.2. The summed E-state index contributed by atoms with van der Waals surface area (Å²) in [7, 11) is 5.72. The number of amides is 2. The first-order valence-electron chi connectivity index (χ1n) is 9.20. The Labute approximate surface area is 173 Å². The lowest BCUT2D eigenvalue weighted by atomic mass is 10.1. The van der Waals surface area contributed by atoms with Crippen LogP contribution >= 0.6 is 25.3 Å². The van der Waals surface area contributed by atoms with Crippen molar-refractivity contribution in [2.24, 2.45) is 0 Å². The van der Waals surface area contributed by atoms with E-state index in [1.165, 1.54) is 0 Å². The molecule has 0 unspecified atom stereocenters. The number of thiol groups is 2. The van der Waals surface area contributed by atoms with Gasteiger partial charge in [0, 0.05) is 71.5 Å². The van der Waals surface area contributed by atoms with Crippen molar-refractivity contribution in [2.45, 2.75) is 17.5 Å².